The van der Waals surface area contributed by atoms with Crippen molar-refractivity contribution in [3.8, 4) is 6.07 Å². The Bertz CT molecular complexity index is 930. The van der Waals surface area contributed by atoms with E-state index in [1.807, 2.05) is 30.3 Å². The number of amides is 1. The van der Waals surface area contributed by atoms with E-state index in [2.05, 4.69) is 21.7 Å². The zero-order valence-electron chi connectivity index (χ0n) is 13.7. The first-order valence-corrected chi connectivity index (χ1v) is 8.28. The molecule has 0 aliphatic rings. The molecule has 26 heavy (non-hydrogen) atoms. The van der Waals surface area contributed by atoms with Gasteiger partial charge in [-0.15, -0.1) is 0 Å². The SMILES string of the molecule is N#Cc1ccc(Nc2ccc(NC(=O)Cc3ccc(Cl)cc3)nc2)cc1. The summed E-state index contributed by atoms with van der Waals surface area (Å²) in [5.74, 6) is 0.335. The van der Waals surface area contributed by atoms with Gasteiger partial charge >= 0.3 is 0 Å². The molecular formula is C20H15ClN4O. The first-order valence-electron chi connectivity index (χ1n) is 7.90. The van der Waals surface area contributed by atoms with Gasteiger partial charge in [0.25, 0.3) is 0 Å². The number of halogens is 1. The number of pyridine rings is 1. The summed E-state index contributed by atoms with van der Waals surface area (Å²) in [4.78, 5) is 16.3. The topological polar surface area (TPSA) is 77.8 Å². The summed E-state index contributed by atoms with van der Waals surface area (Å²) in [7, 11) is 0. The third-order valence-electron chi connectivity index (χ3n) is 3.61. The molecular weight excluding hydrogens is 348 g/mol. The minimum atomic E-state index is -0.146. The van der Waals surface area contributed by atoms with Crippen LogP contribution in [0.25, 0.3) is 0 Å². The van der Waals surface area contributed by atoms with Crippen LogP contribution in [-0.4, -0.2) is 10.9 Å². The Morgan fingerprint density at radius 2 is 1.69 bits per heavy atom. The Kier molecular flexibility index (Phi) is 5.47. The van der Waals surface area contributed by atoms with Crippen molar-refractivity contribution in [1.29, 1.82) is 5.26 Å². The van der Waals surface area contributed by atoms with Crippen LogP contribution in [-0.2, 0) is 11.2 Å². The van der Waals surface area contributed by atoms with Crippen molar-refractivity contribution >= 4 is 34.7 Å². The predicted octanol–water partition coefficient (Wildman–Crippen LogP) is 4.53. The van der Waals surface area contributed by atoms with Gasteiger partial charge in [0.2, 0.25) is 5.91 Å². The third kappa shape index (κ3) is 4.82. The van der Waals surface area contributed by atoms with E-state index >= 15 is 0 Å². The maximum Gasteiger partial charge on any atom is 0.229 e. The molecule has 6 heteroatoms. The Balaban J connectivity index is 1.57. The summed E-state index contributed by atoms with van der Waals surface area (Å²) in [6.45, 7) is 0. The fourth-order valence-electron chi connectivity index (χ4n) is 2.31. The molecule has 0 radical (unpaired) electrons. The van der Waals surface area contributed by atoms with Gasteiger partial charge in [0.05, 0.1) is 29.9 Å². The average Bonchev–Trinajstić information content (AvgIpc) is 2.66. The molecule has 3 aromatic rings. The number of aromatic nitrogens is 1. The second kappa shape index (κ2) is 8.15. The van der Waals surface area contributed by atoms with Crippen LogP contribution in [0, 0.1) is 11.3 Å². The van der Waals surface area contributed by atoms with Crippen molar-refractivity contribution in [2.24, 2.45) is 0 Å². The Hall–Kier alpha value is -3.36. The third-order valence-corrected chi connectivity index (χ3v) is 3.86. The fraction of sp³-hybridized carbons (Fsp3) is 0.0500. The van der Waals surface area contributed by atoms with Gasteiger partial charge < -0.3 is 10.6 Å². The van der Waals surface area contributed by atoms with Crippen molar-refractivity contribution in [2.75, 3.05) is 10.6 Å². The highest BCUT2D eigenvalue weighted by Crippen LogP contribution is 2.18. The Morgan fingerprint density at radius 1 is 1.00 bits per heavy atom. The second-order valence-electron chi connectivity index (χ2n) is 5.60. The number of benzene rings is 2. The number of rotatable bonds is 5. The molecule has 0 aliphatic carbocycles. The molecule has 0 unspecified atom stereocenters. The zero-order valence-corrected chi connectivity index (χ0v) is 14.5. The van der Waals surface area contributed by atoms with E-state index in [9.17, 15) is 4.79 Å². The van der Waals surface area contributed by atoms with Crippen molar-refractivity contribution in [1.82, 2.24) is 4.98 Å². The second-order valence-corrected chi connectivity index (χ2v) is 6.03. The minimum Gasteiger partial charge on any atom is -0.354 e. The molecule has 0 spiro atoms. The smallest absolute Gasteiger partial charge is 0.229 e. The number of nitriles is 1. The highest BCUT2D eigenvalue weighted by atomic mass is 35.5. The van der Waals surface area contributed by atoms with Gasteiger partial charge in [-0.1, -0.05) is 23.7 Å². The lowest BCUT2D eigenvalue weighted by molar-refractivity contribution is -0.115. The predicted molar refractivity (Wildman–Crippen MR) is 102 cm³/mol. The molecule has 0 saturated heterocycles. The lowest BCUT2D eigenvalue weighted by Gasteiger charge is -2.08. The molecule has 0 bridgehead atoms. The van der Waals surface area contributed by atoms with Crippen LogP contribution in [0.3, 0.4) is 0 Å². The van der Waals surface area contributed by atoms with E-state index in [0.29, 0.717) is 16.4 Å². The largest absolute Gasteiger partial charge is 0.354 e. The summed E-state index contributed by atoms with van der Waals surface area (Å²) < 4.78 is 0. The van der Waals surface area contributed by atoms with Crippen LogP contribution in [0.5, 0.6) is 0 Å². The van der Waals surface area contributed by atoms with Gasteiger partial charge in [-0.3, -0.25) is 4.79 Å². The monoisotopic (exact) mass is 362 g/mol. The molecule has 2 aromatic carbocycles. The lowest BCUT2D eigenvalue weighted by Crippen LogP contribution is -2.15. The van der Waals surface area contributed by atoms with Gasteiger partial charge in [0.15, 0.2) is 0 Å². The number of hydrogen-bond acceptors (Lipinski definition) is 4. The molecule has 0 saturated carbocycles. The number of nitrogens with zero attached hydrogens (tertiary/aromatic N) is 2. The van der Waals surface area contributed by atoms with Gasteiger partial charge in [-0.05, 0) is 54.1 Å². The molecule has 3 rings (SSSR count). The average molecular weight is 363 g/mol. The number of anilines is 3. The molecule has 5 nitrogen and oxygen atoms in total. The molecule has 0 fully saturated rings. The Labute approximate surface area is 156 Å². The normalized spacial score (nSPS) is 10.0. The van der Waals surface area contributed by atoms with Crippen molar-refractivity contribution in [3.05, 3.63) is 83.0 Å². The van der Waals surface area contributed by atoms with E-state index in [0.717, 1.165) is 16.9 Å². The number of nitrogens with one attached hydrogen (secondary N) is 2. The summed E-state index contributed by atoms with van der Waals surface area (Å²) >= 11 is 5.84. The molecule has 0 atom stereocenters. The standard InChI is InChI=1S/C20H15ClN4O/c21-16-5-1-14(2-6-16)11-20(26)25-19-10-9-18(13-23-19)24-17-7-3-15(12-22)4-8-17/h1-10,13,24H,11H2,(H,23,25,26). The highest BCUT2D eigenvalue weighted by Gasteiger charge is 2.05. The van der Waals surface area contributed by atoms with Gasteiger partial charge in [-0.2, -0.15) is 5.26 Å². The maximum atomic E-state index is 12.1. The maximum absolute atomic E-state index is 12.1. The molecule has 128 valence electrons. The molecule has 1 heterocycles. The van der Waals surface area contributed by atoms with Crippen LogP contribution in [0.2, 0.25) is 5.02 Å². The molecule has 1 amide bonds. The summed E-state index contributed by atoms with van der Waals surface area (Å²) in [5.41, 5.74) is 3.12. The van der Waals surface area contributed by atoms with Crippen molar-refractivity contribution in [3.63, 3.8) is 0 Å². The quantitative estimate of drug-likeness (QED) is 0.698. The van der Waals surface area contributed by atoms with Crippen molar-refractivity contribution in [2.45, 2.75) is 6.42 Å². The first kappa shape index (κ1) is 17.5. The van der Waals surface area contributed by atoms with Crippen LogP contribution >= 0.6 is 11.6 Å². The first-order chi connectivity index (χ1) is 12.6. The lowest BCUT2D eigenvalue weighted by atomic mass is 10.1. The van der Waals surface area contributed by atoms with Gasteiger partial charge in [0.1, 0.15) is 5.82 Å². The highest BCUT2D eigenvalue weighted by molar-refractivity contribution is 6.30. The van der Waals surface area contributed by atoms with Crippen LogP contribution in [0.15, 0.2) is 66.9 Å². The summed E-state index contributed by atoms with van der Waals surface area (Å²) in [6, 6.07) is 19.9. The van der Waals surface area contributed by atoms with Crippen LogP contribution in [0.1, 0.15) is 11.1 Å². The number of hydrogen-bond donors (Lipinski definition) is 2. The Morgan fingerprint density at radius 3 is 2.31 bits per heavy atom. The van der Waals surface area contributed by atoms with E-state index in [1.54, 1.807) is 36.5 Å². The minimum absolute atomic E-state index is 0.146. The van der Waals surface area contributed by atoms with Gasteiger partial charge in [0, 0.05) is 10.7 Å². The fourth-order valence-corrected chi connectivity index (χ4v) is 2.44. The molecule has 1 aromatic heterocycles. The van der Waals surface area contributed by atoms with Crippen LogP contribution in [0.4, 0.5) is 17.2 Å². The van der Waals surface area contributed by atoms with E-state index in [-0.39, 0.29) is 12.3 Å². The summed E-state index contributed by atoms with van der Waals surface area (Å²) in [5, 5.41) is 15.4. The zero-order chi connectivity index (χ0) is 18.4. The molecule has 2 N–H and O–H groups in total. The molecule has 0 aliphatic heterocycles. The van der Waals surface area contributed by atoms with Gasteiger partial charge in [-0.25, -0.2) is 4.98 Å². The van der Waals surface area contributed by atoms with E-state index in [4.69, 9.17) is 16.9 Å². The van der Waals surface area contributed by atoms with E-state index in [1.165, 1.54) is 0 Å². The summed E-state index contributed by atoms with van der Waals surface area (Å²) in [6.07, 6.45) is 1.89. The van der Waals surface area contributed by atoms with Crippen molar-refractivity contribution < 1.29 is 4.79 Å². The number of carbonyl (C=O) groups is 1. The van der Waals surface area contributed by atoms with Crippen LogP contribution < -0.4 is 10.6 Å². The number of carbonyl (C=O) groups excluding carboxylic acids is 1. The van der Waals surface area contributed by atoms with E-state index < -0.39 is 0 Å².